The molecular weight excluding hydrogens is 256 g/mol. The minimum absolute atomic E-state index is 0.273. The molecule has 1 unspecified atom stereocenters. The summed E-state index contributed by atoms with van der Waals surface area (Å²) in [6.07, 6.45) is 0. The van der Waals surface area contributed by atoms with Crippen LogP contribution in [-0.4, -0.2) is 7.66 Å². The predicted molar refractivity (Wildman–Crippen MR) is 67.0 cm³/mol. The number of halogens is 1. The molecule has 0 aromatic heterocycles. The molecule has 0 radical (unpaired) electrons. The van der Waals surface area contributed by atoms with E-state index >= 15 is 0 Å². The molecule has 1 rings (SSSR count). The molecule has 1 aromatic rings. The predicted octanol–water partition coefficient (Wildman–Crippen LogP) is 3.62. The number of rotatable bonds is 3. The summed E-state index contributed by atoms with van der Waals surface area (Å²) in [5.74, 6) is 0. The van der Waals surface area contributed by atoms with Crippen molar-refractivity contribution >= 4 is 23.0 Å². The van der Waals surface area contributed by atoms with E-state index in [2.05, 4.69) is 48.2 Å². The van der Waals surface area contributed by atoms with Gasteiger partial charge in [0.2, 0.25) is 0 Å². The molecule has 0 bridgehead atoms. The first-order valence-corrected chi connectivity index (χ1v) is 9.03. The molecule has 1 atom stereocenters. The molecule has 0 saturated heterocycles. The summed E-state index contributed by atoms with van der Waals surface area (Å²) >= 11 is 3.67. The van der Waals surface area contributed by atoms with Crippen molar-refractivity contribution in [3.8, 4) is 0 Å². The molecule has 3 heteroatoms. The van der Waals surface area contributed by atoms with Gasteiger partial charge in [0.25, 0.3) is 7.66 Å². The van der Waals surface area contributed by atoms with Crippen molar-refractivity contribution in [3.63, 3.8) is 0 Å². The zero-order valence-corrected chi connectivity index (χ0v) is 11.7. The Labute approximate surface area is 95.8 Å². The van der Waals surface area contributed by atoms with Crippen molar-refractivity contribution < 1.29 is 4.43 Å². The van der Waals surface area contributed by atoms with Gasteiger partial charge in [-0.2, -0.15) is 0 Å². The maximum atomic E-state index is 5.85. The molecule has 1 nitrogen and oxygen atoms in total. The van der Waals surface area contributed by atoms with Crippen molar-refractivity contribution in [3.05, 3.63) is 35.9 Å². The molecule has 0 aliphatic carbocycles. The molecule has 0 saturated carbocycles. The van der Waals surface area contributed by atoms with Crippen molar-refractivity contribution in [1.82, 2.24) is 0 Å². The van der Waals surface area contributed by atoms with Gasteiger partial charge in [0, 0.05) is 0 Å². The van der Waals surface area contributed by atoms with E-state index in [9.17, 15) is 0 Å². The lowest BCUT2D eigenvalue weighted by molar-refractivity contribution is 0.305. The van der Waals surface area contributed by atoms with E-state index in [4.69, 9.17) is 4.43 Å². The van der Waals surface area contributed by atoms with Crippen molar-refractivity contribution in [2.24, 2.45) is 0 Å². The fourth-order valence-electron chi connectivity index (χ4n) is 0.994. The van der Waals surface area contributed by atoms with Crippen molar-refractivity contribution in [1.29, 1.82) is 0 Å². The standard InChI is InChI=1S/C11H17BrOSi/c1-11(2,3)14(12)13-9-10-7-5-4-6-8-10/h4-8,14H,9H2,1-3H3. The topological polar surface area (TPSA) is 9.23 Å². The van der Waals surface area contributed by atoms with E-state index in [0.29, 0.717) is 0 Å². The van der Waals surface area contributed by atoms with Crippen LogP contribution in [0, 0.1) is 0 Å². The molecule has 0 aliphatic rings. The summed E-state index contributed by atoms with van der Waals surface area (Å²) in [5, 5.41) is 0.273. The van der Waals surface area contributed by atoms with Crippen LogP contribution >= 0.6 is 15.3 Å². The molecule has 0 fully saturated rings. The molecular formula is C11H17BrOSi. The average molecular weight is 273 g/mol. The second-order valence-corrected chi connectivity index (χ2v) is 9.67. The highest BCUT2D eigenvalue weighted by Crippen LogP contribution is 2.31. The Morgan fingerprint density at radius 1 is 1.21 bits per heavy atom. The Bertz CT molecular complexity index is 268. The van der Waals surface area contributed by atoms with Gasteiger partial charge >= 0.3 is 0 Å². The monoisotopic (exact) mass is 272 g/mol. The van der Waals surface area contributed by atoms with Crippen LogP contribution in [0.5, 0.6) is 0 Å². The summed E-state index contributed by atoms with van der Waals surface area (Å²) < 4.78 is 5.85. The van der Waals surface area contributed by atoms with E-state index in [1.807, 2.05) is 18.2 Å². The van der Waals surface area contributed by atoms with Crippen LogP contribution in [0.2, 0.25) is 5.04 Å². The highest BCUT2D eigenvalue weighted by atomic mass is 79.9. The van der Waals surface area contributed by atoms with Crippen molar-refractivity contribution in [2.45, 2.75) is 32.4 Å². The number of hydrogen-bond acceptors (Lipinski definition) is 1. The van der Waals surface area contributed by atoms with Crippen LogP contribution in [0.25, 0.3) is 0 Å². The fourth-order valence-corrected chi connectivity index (χ4v) is 2.23. The molecule has 0 amide bonds. The van der Waals surface area contributed by atoms with E-state index < -0.39 is 7.66 Å². The zero-order chi connectivity index (χ0) is 10.6. The third kappa shape index (κ3) is 3.94. The van der Waals surface area contributed by atoms with Crippen LogP contribution in [0.15, 0.2) is 30.3 Å². The molecule has 0 heterocycles. The van der Waals surface area contributed by atoms with E-state index in [1.54, 1.807) is 0 Å². The molecule has 14 heavy (non-hydrogen) atoms. The Balaban J connectivity index is 2.42. The van der Waals surface area contributed by atoms with E-state index in [0.717, 1.165) is 6.61 Å². The van der Waals surface area contributed by atoms with Crippen LogP contribution in [0.4, 0.5) is 0 Å². The SMILES string of the molecule is CC(C)(C)[SiH](Br)OCc1ccccc1. The summed E-state index contributed by atoms with van der Waals surface area (Å²) in [5.41, 5.74) is 1.24. The smallest absolute Gasteiger partial charge is 0.253 e. The second kappa shape index (κ2) is 5.10. The average Bonchev–Trinajstić information content (AvgIpc) is 2.14. The molecule has 0 N–H and O–H groups in total. The summed E-state index contributed by atoms with van der Waals surface area (Å²) in [7, 11) is -1.25. The first-order valence-electron chi connectivity index (χ1n) is 4.80. The van der Waals surface area contributed by atoms with Crippen LogP contribution in [0.3, 0.4) is 0 Å². The second-order valence-electron chi connectivity index (χ2n) is 4.48. The highest BCUT2D eigenvalue weighted by molar-refractivity contribution is 9.24. The maximum absolute atomic E-state index is 5.85. The highest BCUT2D eigenvalue weighted by Gasteiger charge is 2.24. The first-order chi connectivity index (χ1) is 6.50. The normalized spacial score (nSPS) is 14.0. The number of benzene rings is 1. The van der Waals surface area contributed by atoms with Gasteiger partial charge in [0.15, 0.2) is 0 Å². The Hall–Kier alpha value is -0.123. The van der Waals surface area contributed by atoms with E-state index in [1.165, 1.54) is 5.56 Å². The minimum atomic E-state index is -1.25. The molecule has 0 aliphatic heterocycles. The third-order valence-electron chi connectivity index (χ3n) is 1.92. The number of hydrogen-bond donors (Lipinski definition) is 0. The van der Waals surface area contributed by atoms with Gasteiger partial charge in [0.05, 0.1) is 6.61 Å². The lowest BCUT2D eigenvalue weighted by Gasteiger charge is -2.23. The van der Waals surface area contributed by atoms with Gasteiger partial charge in [0.1, 0.15) is 0 Å². The van der Waals surface area contributed by atoms with Crippen molar-refractivity contribution in [2.75, 3.05) is 0 Å². The fraction of sp³-hybridized carbons (Fsp3) is 0.455. The lowest BCUT2D eigenvalue weighted by Crippen LogP contribution is -2.22. The largest absolute Gasteiger partial charge is 0.404 e. The Morgan fingerprint density at radius 2 is 1.79 bits per heavy atom. The lowest BCUT2D eigenvalue weighted by atomic mass is 10.2. The van der Waals surface area contributed by atoms with Gasteiger partial charge < -0.3 is 4.43 Å². The Kier molecular flexibility index (Phi) is 4.35. The van der Waals surface area contributed by atoms with Gasteiger partial charge in [-0.1, -0.05) is 66.4 Å². The van der Waals surface area contributed by atoms with E-state index in [-0.39, 0.29) is 5.04 Å². The zero-order valence-electron chi connectivity index (χ0n) is 8.96. The third-order valence-corrected chi connectivity index (χ3v) is 8.65. The van der Waals surface area contributed by atoms with Gasteiger partial charge in [-0.25, -0.2) is 0 Å². The minimum Gasteiger partial charge on any atom is -0.404 e. The summed E-state index contributed by atoms with van der Waals surface area (Å²) in [6, 6.07) is 10.3. The van der Waals surface area contributed by atoms with Gasteiger partial charge in [-0.3, -0.25) is 0 Å². The summed E-state index contributed by atoms with van der Waals surface area (Å²) in [6.45, 7) is 7.36. The first kappa shape index (κ1) is 11.9. The molecule has 78 valence electrons. The molecule has 1 aromatic carbocycles. The van der Waals surface area contributed by atoms with Gasteiger partial charge in [-0.05, 0) is 10.6 Å². The quantitative estimate of drug-likeness (QED) is 0.603. The van der Waals surface area contributed by atoms with Crippen LogP contribution < -0.4 is 0 Å². The molecule has 0 spiro atoms. The summed E-state index contributed by atoms with van der Waals surface area (Å²) in [4.78, 5) is 0. The maximum Gasteiger partial charge on any atom is 0.253 e. The van der Waals surface area contributed by atoms with Crippen LogP contribution in [-0.2, 0) is 11.0 Å². The Morgan fingerprint density at radius 3 is 2.29 bits per heavy atom. The van der Waals surface area contributed by atoms with Crippen LogP contribution in [0.1, 0.15) is 26.3 Å². The van der Waals surface area contributed by atoms with Gasteiger partial charge in [-0.15, -0.1) is 0 Å².